The predicted octanol–water partition coefficient (Wildman–Crippen LogP) is 1.73. The van der Waals surface area contributed by atoms with Crippen LogP contribution in [-0.2, 0) is 26.1 Å². The molecule has 1 aromatic heterocycles. The number of ether oxygens (including phenoxy) is 1. The van der Waals surface area contributed by atoms with Crippen LogP contribution < -0.4 is 4.87 Å². The summed E-state index contributed by atoms with van der Waals surface area (Å²) in [6.45, 7) is 5.72. The fourth-order valence-corrected chi connectivity index (χ4v) is 6.50. The molecule has 30 heavy (non-hydrogen) atoms. The first kappa shape index (κ1) is 21.5. The molecule has 4 rings (SSSR count). The summed E-state index contributed by atoms with van der Waals surface area (Å²) < 4.78 is 35.0. The van der Waals surface area contributed by atoms with Crippen LogP contribution >= 0.6 is 11.3 Å². The Hall–Kier alpha value is -1.75. The minimum absolute atomic E-state index is 0.00285. The van der Waals surface area contributed by atoms with Gasteiger partial charge < -0.3 is 9.64 Å². The number of amides is 1. The topological polar surface area (TPSA) is 88.9 Å². The number of aromatic nitrogens is 1. The number of aryl methyl sites for hydroxylation is 1. The zero-order chi connectivity index (χ0) is 21.3. The van der Waals surface area contributed by atoms with Crippen LogP contribution in [0.5, 0.6) is 0 Å². The lowest BCUT2D eigenvalue weighted by Gasteiger charge is -2.29. The molecule has 1 aromatic carbocycles. The van der Waals surface area contributed by atoms with E-state index >= 15 is 0 Å². The minimum atomic E-state index is -3.56. The molecule has 2 aromatic rings. The first-order valence-corrected chi connectivity index (χ1v) is 12.6. The largest absolute Gasteiger partial charge is 0.378 e. The average molecular weight is 454 g/mol. The van der Waals surface area contributed by atoms with Gasteiger partial charge in [-0.2, -0.15) is 4.31 Å². The van der Waals surface area contributed by atoms with E-state index in [-0.39, 0.29) is 28.6 Å². The van der Waals surface area contributed by atoms with Gasteiger partial charge in [-0.1, -0.05) is 18.3 Å². The van der Waals surface area contributed by atoms with Gasteiger partial charge in [0.1, 0.15) is 0 Å². The third-order valence-corrected chi connectivity index (χ3v) is 8.77. The molecule has 1 amide bonds. The number of thiazole rings is 1. The highest BCUT2D eigenvalue weighted by Crippen LogP contribution is 2.27. The van der Waals surface area contributed by atoms with Crippen molar-refractivity contribution in [3.8, 4) is 0 Å². The lowest BCUT2D eigenvalue weighted by Crippen LogP contribution is -2.41. The molecule has 0 saturated carbocycles. The highest BCUT2D eigenvalue weighted by molar-refractivity contribution is 7.89. The van der Waals surface area contributed by atoms with Crippen molar-refractivity contribution in [1.29, 1.82) is 0 Å². The maximum Gasteiger partial charge on any atom is 0.308 e. The van der Waals surface area contributed by atoms with E-state index in [9.17, 15) is 18.0 Å². The first-order chi connectivity index (χ1) is 14.4. The molecule has 2 saturated heterocycles. The Morgan fingerprint density at radius 3 is 2.57 bits per heavy atom. The van der Waals surface area contributed by atoms with Gasteiger partial charge in [0.2, 0.25) is 15.9 Å². The van der Waals surface area contributed by atoms with E-state index in [0.29, 0.717) is 55.5 Å². The summed E-state index contributed by atoms with van der Waals surface area (Å²) >= 11 is 1.02. The number of hydrogen-bond acceptors (Lipinski definition) is 6. The molecule has 10 heteroatoms. The predicted molar refractivity (Wildman–Crippen MR) is 115 cm³/mol. The molecule has 0 N–H and O–H groups in total. The van der Waals surface area contributed by atoms with Gasteiger partial charge in [0.15, 0.2) is 0 Å². The van der Waals surface area contributed by atoms with Crippen LogP contribution in [-0.4, -0.2) is 67.5 Å². The van der Waals surface area contributed by atoms with Crippen LogP contribution in [0.1, 0.15) is 26.2 Å². The number of morpholine rings is 1. The normalized spacial score (nSPS) is 19.4. The summed E-state index contributed by atoms with van der Waals surface area (Å²) in [5.74, 6) is 0.543. The number of sulfonamides is 1. The molecule has 0 spiro atoms. The van der Waals surface area contributed by atoms with Crippen molar-refractivity contribution in [2.45, 2.75) is 37.6 Å². The van der Waals surface area contributed by atoms with Crippen molar-refractivity contribution in [3.05, 3.63) is 27.9 Å². The molecule has 2 aliphatic heterocycles. The van der Waals surface area contributed by atoms with Crippen molar-refractivity contribution in [3.63, 3.8) is 0 Å². The van der Waals surface area contributed by atoms with Crippen LogP contribution in [0.4, 0.5) is 0 Å². The smallest absolute Gasteiger partial charge is 0.308 e. The summed E-state index contributed by atoms with van der Waals surface area (Å²) in [6.07, 6.45) is 1.96. The molecule has 0 atom stereocenters. The second-order valence-corrected chi connectivity index (χ2v) is 10.9. The molecule has 2 fully saturated rings. The number of hydrogen-bond donors (Lipinski definition) is 0. The molecular formula is C20H27N3O5S2. The lowest BCUT2D eigenvalue weighted by atomic mass is 10.0. The maximum atomic E-state index is 13.0. The first-order valence-electron chi connectivity index (χ1n) is 10.4. The number of carbonyl (C=O) groups excluding carboxylic acids is 1. The van der Waals surface area contributed by atoms with Crippen LogP contribution in [0.2, 0.25) is 0 Å². The lowest BCUT2D eigenvalue weighted by molar-refractivity contribution is -0.135. The molecule has 0 aliphatic carbocycles. The fraction of sp³-hybridized carbons (Fsp3) is 0.600. The molecular weight excluding hydrogens is 426 g/mol. The monoisotopic (exact) mass is 453 g/mol. The van der Waals surface area contributed by atoms with Crippen molar-refractivity contribution >= 4 is 37.5 Å². The Bertz CT molecular complexity index is 1080. The summed E-state index contributed by atoms with van der Waals surface area (Å²) in [6, 6.07) is 4.85. The molecule has 2 aliphatic rings. The standard InChI is InChI=1S/C20H27N3O5S2/c1-15-4-7-22(8-5-15)30(26,27)16-2-3-17-18(14-16)29-20(25)23(17)9-6-19(24)21-10-12-28-13-11-21/h2-3,14-15H,4-13H2,1H3. The zero-order valence-corrected chi connectivity index (χ0v) is 18.7. The number of carbonyl (C=O) groups is 1. The van der Waals surface area contributed by atoms with Gasteiger partial charge in [0.05, 0.1) is 28.3 Å². The van der Waals surface area contributed by atoms with Gasteiger partial charge in [-0.05, 0) is 37.0 Å². The molecule has 0 bridgehead atoms. The van der Waals surface area contributed by atoms with Gasteiger partial charge in [-0.25, -0.2) is 8.42 Å². The Morgan fingerprint density at radius 1 is 1.17 bits per heavy atom. The number of rotatable bonds is 5. The zero-order valence-electron chi connectivity index (χ0n) is 17.1. The SMILES string of the molecule is CC1CCN(S(=O)(=O)c2ccc3c(c2)sc(=O)n3CCC(=O)N2CCOCC2)CC1. The van der Waals surface area contributed by atoms with E-state index in [4.69, 9.17) is 4.74 Å². The molecule has 164 valence electrons. The summed E-state index contributed by atoms with van der Waals surface area (Å²) in [4.78, 5) is 26.7. The Balaban J connectivity index is 1.52. The molecule has 3 heterocycles. The van der Waals surface area contributed by atoms with E-state index in [1.807, 2.05) is 0 Å². The van der Waals surface area contributed by atoms with Crippen molar-refractivity contribution in [1.82, 2.24) is 13.8 Å². The van der Waals surface area contributed by atoms with Gasteiger partial charge in [0, 0.05) is 39.1 Å². The second kappa shape index (κ2) is 8.78. The molecule has 0 radical (unpaired) electrons. The third-order valence-electron chi connectivity index (χ3n) is 5.93. The van der Waals surface area contributed by atoms with Gasteiger partial charge in [-0.15, -0.1) is 0 Å². The van der Waals surface area contributed by atoms with Crippen molar-refractivity contribution < 1.29 is 17.9 Å². The number of piperidine rings is 1. The fourth-order valence-electron chi connectivity index (χ4n) is 3.97. The van der Waals surface area contributed by atoms with E-state index in [0.717, 1.165) is 24.2 Å². The van der Waals surface area contributed by atoms with Crippen molar-refractivity contribution in [2.24, 2.45) is 5.92 Å². The summed E-state index contributed by atoms with van der Waals surface area (Å²) in [5.41, 5.74) is 0.672. The Morgan fingerprint density at radius 2 is 1.87 bits per heavy atom. The van der Waals surface area contributed by atoms with Crippen LogP contribution in [0, 0.1) is 5.92 Å². The van der Waals surface area contributed by atoms with Gasteiger partial charge in [-0.3, -0.25) is 14.2 Å². The summed E-state index contributed by atoms with van der Waals surface area (Å²) in [5, 5.41) is 0. The van der Waals surface area contributed by atoms with Crippen LogP contribution in [0.3, 0.4) is 0 Å². The van der Waals surface area contributed by atoms with Gasteiger partial charge >= 0.3 is 4.87 Å². The molecule has 8 nitrogen and oxygen atoms in total. The average Bonchev–Trinajstić information content (AvgIpc) is 3.07. The second-order valence-electron chi connectivity index (χ2n) is 7.98. The van der Waals surface area contributed by atoms with Crippen molar-refractivity contribution in [2.75, 3.05) is 39.4 Å². The quantitative estimate of drug-likeness (QED) is 0.688. The van der Waals surface area contributed by atoms with Gasteiger partial charge in [0.25, 0.3) is 0 Å². The van der Waals surface area contributed by atoms with Crippen LogP contribution in [0.15, 0.2) is 27.9 Å². The number of nitrogens with zero attached hydrogens (tertiary/aromatic N) is 3. The number of fused-ring (bicyclic) bond motifs is 1. The van der Waals surface area contributed by atoms with Crippen LogP contribution in [0.25, 0.3) is 10.2 Å². The highest BCUT2D eigenvalue weighted by Gasteiger charge is 2.28. The van der Waals surface area contributed by atoms with E-state index in [2.05, 4.69) is 6.92 Å². The third kappa shape index (κ3) is 4.32. The maximum absolute atomic E-state index is 13.0. The highest BCUT2D eigenvalue weighted by atomic mass is 32.2. The Labute approximate surface area is 180 Å². The summed E-state index contributed by atoms with van der Waals surface area (Å²) in [7, 11) is -3.56. The minimum Gasteiger partial charge on any atom is -0.378 e. The molecule has 0 unspecified atom stereocenters. The Kier molecular flexibility index (Phi) is 6.29. The number of benzene rings is 1. The van der Waals surface area contributed by atoms with E-state index in [1.165, 1.54) is 4.31 Å². The van der Waals surface area contributed by atoms with E-state index in [1.54, 1.807) is 27.7 Å². The van der Waals surface area contributed by atoms with E-state index < -0.39 is 10.0 Å².